The molecular formula is C11H11FN2O2. The number of urea groups is 1. The number of rotatable bonds is 1. The van der Waals surface area contributed by atoms with E-state index in [-0.39, 0.29) is 24.7 Å². The van der Waals surface area contributed by atoms with Crippen LogP contribution in [0.3, 0.4) is 0 Å². The van der Waals surface area contributed by atoms with Crippen molar-refractivity contribution in [3.05, 3.63) is 29.6 Å². The molecule has 0 atom stereocenters. The lowest BCUT2D eigenvalue weighted by atomic mass is 10.2. The van der Waals surface area contributed by atoms with Gasteiger partial charge in [-0.3, -0.25) is 15.0 Å². The van der Waals surface area contributed by atoms with E-state index in [9.17, 15) is 14.0 Å². The number of carbonyl (C=O) groups excluding carboxylic acids is 2. The largest absolute Gasteiger partial charge is 0.328 e. The van der Waals surface area contributed by atoms with Crippen LogP contribution in [-0.4, -0.2) is 18.5 Å². The molecule has 3 amide bonds. The third-order valence-electron chi connectivity index (χ3n) is 2.52. The maximum absolute atomic E-state index is 13.3. The molecule has 1 fully saturated rings. The zero-order valence-electron chi connectivity index (χ0n) is 8.79. The number of aryl methyl sites for hydroxylation is 1. The first-order valence-corrected chi connectivity index (χ1v) is 4.95. The minimum atomic E-state index is -0.500. The molecule has 5 heteroatoms. The predicted molar refractivity (Wildman–Crippen MR) is 56.6 cm³/mol. The van der Waals surface area contributed by atoms with Crippen molar-refractivity contribution >= 4 is 17.6 Å². The minimum absolute atomic E-state index is 0.237. The number of anilines is 1. The quantitative estimate of drug-likeness (QED) is 0.784. The number of benzene rings is 1. The molecule has 0 spiro atoms. The van der Waals surface area contributed by atoms with Crippen molar-refractivity contribution < 1.29 is 14.0 Å². The normalized spacial score (nSPS) is 16.2. The second-order valence-electron chi connectivity index (χ2n) is 3.69. The highest BCUT2D eigenvalue weighted by Gasteiger charge is 2.24. The summed E-state index contributed by atoms with van der Waals surface area (Å²) in [4.78, 5) is 23.8. The van der Waals surface area contributed by atoms with Crippen molar-refractivity contribution in [2.75, 3.05) is 11.4 Å². The second kappa shape index (κ2) is 3.92. The number of amides is 3. The molecule has 0 aliphatic carbocycles. The van der Waals surface area contributed by atoms with Gasteiger partial charge in [0.25, 0.3) is 0 Å². The van der Waals surface area contributed by atoms with Crippen LogP contribution in [-0.2, 0) is 4.79 Å². The van der Waals surface area contributed by atoms with Crippen LogP contribution >= 0.6 is 0 Å². The van der Waals surface area contributed by atoms with E-state index in [2.05, 4.69) is 5.32 Å². The smallest absolute Gasteiger partial charge is 0.294 e. The third kappa shape index (κ3) is 1.88. The summed E-state index contributed by atoms with van der Waals surface area (Å²) in [5.74, 6) is -0.656. The first-order valence-electron chi connectivity index (χ1n) is 4.95. The van der Waals surface area contributed by atoms with E-state index in [4.69, 9.17) is 0 Å². The first-order chi connectivity index (χ1) is 7.58. The average Bonchev–Trinajstić information content (AvgIpc) is 2.22. The Balaban J connectivity index is 2.27. The number of halogens is 1. The van der Waals surface area contributed by atoms with Crippen molar-refractivity contribution in [2.45, 2.75) is 13.3 Å². The lowest BCUT2D eigenvalue weighted by Crippen LogP contribution is -2.49. The maximum Gasteiger partial charge on any atom is 0.328 e. The molecular weight excluding hydrogens is 211 g/mol. The number of nitrogens with one attached hydrogen (secondary N) is 1. The first kappa shape index (κ1) is 10.6. The maximum atomic E-state index is 13.3. The standard InChI is InChI=1S/C11H11FN2O2/c1-7-2-3-8(6-9(7)12)14-5-4-10(15)13-11(14)16/h2-3,6H,4-5H2,1H3,(H,13,15,16). The Morgan fingerprint density at radius 2 is 2.12 bits per heavy atom. The lowest BCUT2D eigenvalue weighted by molar-refractivity contribution is -0.120. The number of imide groups is 1. The summed E-state index contributed by atoms with van der Waals surface area (Å²) < 4.78 is 13.3. The van der Waals surface area contributed by atoms with Crippen LogP contribution < -0.4 is 10.2 Å². The van der Waals surface area contributed by atoms with Gasteiger partial charge in [-0.2, -0.15) is 0 Å². The highest BCUT2D eigenvalue weighted by atomic mass is 19.1. The summed E-state index contributed by atoms with van der Waals surface area (Å²) in [6, 6.07) is 4.06. The average molecular weight is 222 g/mol. The van der Waals surface area contributed by atoms with Crippen molar-refractivity contribution in [3.8, 4) is 0 Å². The van der Waals surface area contributed by atoms with Gasteiger partial charge in [-0.1, -0.05) is 6.07 Å². The topological polar surface area (TPSA) is 49.4 Å². The summed E-state index contributed by atoms with van der Waals surface area (Å²) in [7, 11) is 0. The van der Waals surface area contributed by atoms with Crippen LogP contribution in [0.1, 0.15) is 12.0 Å². The zero-order valence-corrected chi connectivity index (χ0v) is 8.79. The van der Waals surface area contributed by atoms with Crippen molar-refractivity contribution in [1.82, 2.24) is 5.32 Å². The molecule has 2 rings (SSSR count). The van der Waals surface area contributed by atoms with Gasteiger partial charge in [-0.15, -0.1) is 0 Å². The molecule has 84 valence electrons. The molecule has 1 saturated heterocycles. The zero-order chi connectivity index (χ0) is 11.7. The molecule has 1 aromatic carbocycles. The fourth-order valence-electron chi connectivity index (χ4n) is 1.56. The van der Waals surface area contributed by atoms with Gasteiger partial charge in [0.05, 0.1) is 0 Å². The molecule has 16 heavy (non-hydrogen) atoms. The molecule has 0 bridgehead atoms. The van der Waals surface area contributed by atoms with Crippen molar-refractivity contribution in [1.29, 1.82) is 0 Å². The molecule has 1 aliphatic rings. The SMILES string of the molecule is Cc1ccc(N2CCC(=O)NC2=O)cc1F. The molecule has 1 aliphatic heterocycles. The molecule has 0 aromatic heterocycles. The fraction of sp³-hybridized carbons (Fsp3) is 0.273. The number of carbonyl (C=O) groups is 2. The van der Waals surface area contributed by atoms with Gasteiger partial charge in [0.2, 0.25) is 5.91 Å². The second-order valence-corrected chi connectivity index (χ2v) is 3.69. The Kier molecular flexibility index (Phi) is 2.60. The summed E-state index contributed by atoms with van der Waals surface area (Å²) in [6.45, 7) is 1.94. The highest BCUT2D eigenvalue weighted by Crippen LogP contribution is 2.20. The van der Waals surface area contributed by atoms with Gasteiger partial charge < -0.3 is 0 Å². The Hall–Kier alpha value is -1.91. The van der Waals surface area contributed by atoms with Gasteiger partial charge in [-0.25, -0.2) is 9.18 Å². The van der Waals surface area contributed by atoms with E-state index >= 15 is 0 Å². The van der Waals surface area contributed by atoms with Crippen molar-refractivity contribution in [2.24, 2.45) is 0 Å². The minimum Gasteiger partial charge on any atom is -0.294 e. The van der Waals surface area contributed by atoms with Crippen LogP contribution in [0.5, 0.6) is 0 Å². The molecule has 0 radical (unpaired) electrons. The fourth-order valence-corrected chi connectivity index (χ4v) is 1.56. The molecule has 1 N–H and O–H groups in total. The van der Waals surface area contributed by atoms with Crippen LogP contribution in [0.4, 0.5) is 14.9 Å². The van der Waals surface area contributed by atoms with Gasteiger partial charge in [0.15, 0.2) is 0 Å². The molecule has 4 nitrogen and oxygen atoms in total. The van der Waals surface area contributed by atoms with E-state index in [0.717, 1.165) is 0 Å². The van der Waals surface area contributed by atoms with E-state index in [1.807, 2.05) is 0 Å². The van der Waals surface area contributed by atoms with E-state index in [0.29, 0.717) is 11.3 Å². The van der Waals surface area contributed by atoms with E-state index in [1.165, 1.54) is 11.0 Å². The van der Waals surface area contributed by atoms with E-state index < -0.39 is 6.03 Å². The van der Waals surface area contributed by atoms with Gasteiger partial charge in [0, 0.05) is 18.7 Å². The number of hydrogen-bond donors (Lipinski definition) is 1. The Labute approximate surface area is 92.0 Å². The predicted octanol–water partition coefficient (Wildman–Crippen LogP) is 1.58. The Morgan fingerprint density at radius 1 is 1.38 bits per heavy atom. The van der Waals surface area contributed by atoms with Crippen molar-refractivity contribution in [3.63, 3.8) is 0 Å². The summed E-state index contributed by atoms with van der Waals surface area (Å²) in [5.41, 5.74) is 0.991. The summed E-state index contributed by atoms with van der Waals surface area (Å²) >= 11 is 0. The Morgan fingerprint density at radius 3 is 2.75 bits per heavy atom. The molecule has 0 saturated carbocycles. The number of nitrogens with zero attached hydrogens (tertiary/aromatic N) is 1. The van der Waals surface area contributed by atoms with Gasteiger partial charge in [0.1, 0.15) is 5.82 Å². The highest BCUT2D eigenvalue weighted by molar-refractivity contribution is 6.05. The third-order valence-corrected chi connectivity index (χ3v) is 2.52. The Bertz CT molecular complexity index is 459. The van der Waals surface area contributed by atoms with E-state index in [1.54, 1.807) is 19.1 Å². The van der Waals surface area contributed by atoms with Crippen LogP contribution in [0.25, 0.3) is 0 Å². The monoisotopic (exact) mass is 222 g/mol. The lowest BCUT2D eigenvalue weighted by Gasteiger charge is -2.26. The molecule has 0 unspecified atom stereocenters. The van der Waals surface area contributed by atoms with Crippen LogP contribution in [0, 0.1) is 12.7 Å². The van der Waals surface area contributed by atoms with Gasteiger partial charge in [-0.05, 0) is 24.6 Å². The van der Waals surface area contributed by atoms with Crippen LogP contribution in [0.15, 0.2) is 18.2 Å². The summed E-state index contributed by atoms with van der Waals surface area (Å²) in [5, 5.41) is 2.19. The van der Waals surface area contributed by atoms with Gasteiger partial charge >= 0.3 is 6.03 Å². The number of hydrogen-bond acceptors (Lipinski definition) is 2. The van der Waals surface area contributed by atoms with Crippen LogP contribution in [0.2, 0.25) is 0 Å². The molecule has 1 aromatic rings. The summed E-state index contributed by atoms with van der Waals surface area (Å²) in [6.07, 6.45) is 0.237. The molecule has 1 heterocycles.